The van der Waals surface area contributed by atoms with E-state index in [2.05, 4.69) is 42.1 Å². The van der Waals surface area contributed by atoms with Gasteiger partial charge in [-0.15, -0.1) is 0 Å². The molecule has 2 unspecified atom stereocenters. The lowest BCUT2D eigenvalue weighted by Crippen LogP contribution is -2.55. The first-order valence-electron chi connectivity index (χ1n) is 17.5. The molecule has 2 aliphatic rings. The third kappa shape index (κ3) is 9.95. The molecular weight excluding hydrogens is 596 g/mol. The van der Waals surface area contributed by atoms with Crippen LogP contribution in [0.1, 0.15) is 86.1 Å². The summed E-state index contributed by atoms with van der Waals surface area (Å²) in [5.41, 5.74) is 1.51. The number of benzene rings is 1. The summed E-state index contributed by atoms with van der Waals surface area (Å²) < 4.78 is 13.2. The van der Waals surface area contributed by atoms with Crippen LogP contribution in [0.15, 0.2) is 30.5 Å². The van der Waals surface area contributed by atoms with E-state index in [1.807, 2.05) is 51.7 Å². The number of para-hydroxylation sites is 1. The Morgan fingerprint density at radius 1 is 1.06 bits per heavy atom. The highest BCUT2D eigenvalue weighted by Gasteiger charge is 2.43. The Bertz CT molecular complexity index is 1360. The summed E-state index contributed by atoms with van der Waals surface area (Å²) in [4.78, 5) is 45.2. The third-order valence-corrected chi connectivity index (χ3v) is 9.20. The summed E-state index contributed by atoms with van der Waals surface area (Å²) in [6.07, 6.45) is 4.66. The fourth-order valence-corrected chi connectivity index (χ4v) is 6.70. The van der Waals surface area contributed by atoms with E-state index < -0.39 is 35.7 Å². The van der Waals surface area contributed by atoms with Crippen LogP contribution in [0.5, 0.6) is 0 Å². The molecule has 4 atom stereocenters. The van der Waals surface area contributed by atoms with Gasteiger partial charge in [-0.1, -0.05) is 45.9 Å². The first-order chi connectivity index (χ1) is 22.2. The van der Waals surface area contributed by atoms with Crippen LogP contribution < -0.4 is 5.32 Å². The molecule has 3 amide bonds. The zero-order valence-electron chi connectivity index (χ0n) is 29.8. The molecule has 0 spiro atoms. The molecule has 2 heterocycles. The van der Waals surface area contributed by atoms with Crippen LogP contribution in [-0.4, -0.2) is 88.0 Å². The minimum atomic E-state index is -0.715. The zero-order valence-corrected chi connectivity index (χ0v) is 29.8. The molecule has 2 N–H and O–H groups in total. The summed E-state index contributed by atoms with van der Waals surface area (Å²) >= 11 is 0. The van der Waals surface area contributed by atoms with Gasteiger partial charge in [0.05, 0.1) is 24.0 Å². The van der Waals surface area contributed by atoms with Gasteiger partial charge in [0.15, 0.2) is 0 Å². The minimum absolute atomic E-state index is 0.0315. The monoisotopic (exact) mass is 654 g/mol. The minimum Gasteiger partial charge on any atom is -0.444 e. The molecule has 2 fully saturated rings. The van der Waals surface area contributed by atoms with Crippen LogP contribution in [-0.2, 0) is 32.2 Å². The lowest BCUT2D eigenvalue weighted by atomic mass is 9.86. The molecule has 2 aromatic rings. The van der Waals surface area contributed by atoms with Crippen molar-refractivity contribution in [3.05, 3.63) is 36.0 Å². The summed E-state index contributed by atoms with van der Waals surface area (Å²) in [7, 11) is 1.71. The van der Waals surface area contributed by atoms with Crippen molar-refractivity contribution in [2.45, 2.75) is 117 Å². The van der Waals surface area contributed by atoms with Crippen molar-refractivity contribution in [2.24, 2.45) is 23.7 Å². The number of carbonyl (C=O) groups is 3. The number of carbonyl (C=O) groups excluding carboxylic acids is 3. The van der Waals surface area contributed by atoms with E-state index in [1.54, 1.807) is 7.11 Å². The maximum absolute atomic E-state index is 14.5. The van der Waals surface area contributed by atoms with E-state index in [-0.39, 0.29) is 42.8 Å². The number of aromatic nitrogens is 1. The Kier molecular flexibility index (Phi) is 12.4. The van der Waals surface area contributed by atoms with Crippen LogP contribution in [0.2, 0.25) is 0 Å². The predicted molar refractivity (Wildman–Crippen MR) is 184 cm³/mol. The van der Waals surface area contributed by atoms with Gasteiger partial charge in [0, 0.05) is 63.0 Å². The number of aliphatic hydroxyl groups is 1. The summed E-state index contributed by atoms with van der Waals surface area (Å²) in [6.45, 7) is 15.8. The van der Waals surface area contributed by atoms with Crippen molar-refractivity contribution in [1.29, 1.82) is 0 Å². The Morgan fingerprint density at radius 3 is 2.36 bits per heavy atom. The number of aryl methyl sites for hydroxylation is 1. The van der Waals surface area contributed by atoms with Crippen LogP contribution in [0, 0.1) is 23.7 Å². The molecule has 1 aliphatic heterocycles. The molecule has 1 aliphatic carbocycles. The number of likely N-dealkylation sites (tertiary alicyclic amines) is 1. The van der Waals surface area contributed by atoms with Crippen molar-refractivity contribution >= 4 is 28.8 Å². The summed E-state index contributed by atoms with van der Waals surface area (Å²) in [5.74, 6) is -1.19. The predicted octanol–water partition coefficient (Wildman–Crippen LogP) is 5.59. The van der Waals surface area contributed by atoms with Crippen LogP contribution in [0.3, 0.4) is 0 Å². The van der Waals surface area contributed by atoms with Crippen LogP contribution in [0.25, 0.3) is 10.9 Å². The number of methoxy groups -OCH3 is 1. The summed E-state index contributed by atoms with van der Waals surface area (Å²) in [5, 5.41) is 15.2. The number of ether oxygens (including phenoxy) is 2. The maximum atomic E-state index is 14.5. The second-order valence-corrected chi connectivity index (χ2v) is 15.4. The number of nitrogens with zero attached hydrogens (tertiary/aromatic N) is 3. The summed E-state index contributed by atoms with van der Waals surface area (Å²) in [6, 6.07) is 8.00. The van der Waals surface area contributed by atoms with Gasteiger partial charge >= 0.3 is 6.09 Å². The molecule has 4 rings (SSSR count). The lowest BCUT2D eigenvalue weighted by molar-refractivity contribution is -0.141. The van der Waals surface area contributed by atoms with Crippen molar-refractivity contribution in [1.82, 2.24) is 19.7 Å². The highest BCUT2D eigenvalue weighted by Crippen LogP contribution is 2.35. The van der Waals surface area contributed by atoms with Gasteiger partial charge in [-0.2, -0.15) is 0 Å². The second kappa shape index (κ2) is 15.9. The number of piperidine rings is 1. The number of hydrogen-bond donors (Lipinski definition) is 2. The van der Waals surface area contributed by atoms with Crippen LogP contribution >= 0.6 is 0 Å². The third-order valence-electron chi connectivity index (χ3n) is 9.20. The van der Waals surface area contributed by atoms with Gasteiger partial charge < -0.3 is 34.3 Å². The number of nitrogens with one attached hydrogen (secondary N) is 1. The van der Waals surface area contributed by atoms with Gasteiger partial charge in [-0.05, 0) is 76.3 Å². The Balaban J connectivity index is 1.59. The smallest absolute Gasteiger partial charge is 0.410 e. The van der Waals surface area contributed by atoms with E-state index in [4.69, 9.17) is 9.47 Å². The van der Waals surface area contributed by atoms with Crippen molar-refractivity contribution < 1.29 is 29.0 Å². The quantitative estimate of drug-likeness (QED) is 0.257. The average Bonchev–Trinajstić information content (AvgIpc) is 3.79. The zero-order chi connectivity index (χ0) is 34.5. The molecular formula is C37H58N4O6. The van der Waals surface area contributed by atoms with Crippen molar-refractivity contribution in [3.8, 4) is 0 Å². The van der Waals surface area contributed by atoms with Crippen molar-refractivity contribution in [3.63, 3.8) is 0 Å². The lowest BCUT2D eigenvalue weighted by Gasteiger charge is -2.39. The fraction of sp³-hybridized carbons (Fsp3) is 0.703. The molecule has 0 radical (unpaired) electrons. The van der Waals surface area contributed by atoms with Gasteiger partial charge in [0.2, 0.25) is 11.8 Å². The molecule has 0 bridgehead atoms. The number of aliphatic hydroxyl groups excluding tert-OH is 1. The number of hydrogen-bond acceptors (Lipinski definition) is 6. The van der Waals surface area contributed by atoms with E-state index >= 15 is 0 Å². The van der Waals surface area contributed by atoms with Gasteiger partial charge in [-0.3, -0.25) is 9.59 Å². The molecule has 262 valence electrons. The van der Waals surface area contributed by atoms with Gasteiger partial charge in [-0.25, -0.2) is 4.79 Å². The highest BCUT2D eigenvalue weighted by molar-refractivity contribution is 5.87. The average molecular weight is 655 g/mol. The standard InChI is InChI=1S/C37H58N4O6/c1-24(2)18-31(33(42)25(3)4)38-34(43)26-19-27(21-40(20-26)36(45)47-37(5,6)7)35(44)41(29-14-15-29)23-28-22-39(16-11-17-46-8)32-13-10-9-12-30(28)32/h9-10,12-13,22,24-27,29,31,33,42H,11,14-21,23H2,1-8H3,(H,38,43)/t26-,27+,31?,33?/m0/s1. The van der Waals surface area contributed by atoms with Gasteiger partial charge in [0.1, 0.15) is 5.60 Å². The number of rotatable bonds is 14. The molecule has 1 saturated carbocycles. The first-order valence-corrected chi connectivity index (χ1v) is 17.5. The van der Waals surface area contributed by atoms with E-state index in [9.17, 15) is 19.5 Å². The maximum Gasteiger partial charge on any atom is 0.410 e. The molecule has 10 nitrogen and oxygen atoms in total. The SMILES string of the molecule is COCCCn1cc(CN(C(=O)[C@@H]2C[C@H](C(=O)NC(CC(C)C)C(O)C(C)C)CN(C(=O)OC(C)(C)C)C2)C2CC2)c2ccccc21. The topological polar surface area (TPSA) is 113 Å². The Labute approximate surface area is 281 Å². The molecule has 1 aromatic carbocycles. The molecule has 10 heteroatoms. The van der Waals surface area contributed by atoms with Crippen LogP contribution in [0.4, 0.5) is 4.79 Å². The molecule has 1 saturated heterocycles. The largest absolute Gasteiger partial charge is 0.444 e. The highest BCUT2D eigenvalue weighted by atomic mass is 16.6. The van der Waals surface area contributed by atoms with Crippen molar-refractivity contribution in [2.75, 3.05) is 26.8 Å². The molecule has 1 aromatic heterocycles. The first kappa shape index (κ1) is 36.7. The molecule has 47 heavy (non-hydrogen) atoms. The fourth-order valence-electron chi connectivity index (χ4n) is 6.70. The number of fused-ring (bicyclic) bond motifs is 1. The second-order valence-electron chi connectivity index (χ2n) is 15.4. The van der Waals surface area contributed by atoms with E-state index in [0.717, 1.165) is 42.3 Å². The van der Waals surface area contributed by atoms with Gasteiger partial charge in [0.25, 0.3) is 0 Å². The normalized spacial score (nSPS) is 20.0. The van der Waals surface area contributed by atoms with E-state index in [1.165, 1.54) is 4.90 Å². The Morgan fingerprint density at radius 2 is 1.74 bits per heavy atom. The van der Waals surface area contributed by atoms with E-state index in [0.29, 0.717) is 26.0 Å². The number of amides is 3. The Hall–Kier alpha value is -3.11.